The van der Waals surface area contributed by atoms with Crippen LogP contribution in [0.5, 0.6) is 0 Å². The normalized spacial score (nSPS) is 25.4. The van der Waals surface area contributed by atoms with Gasteiger partial charge in [0, 0.05) is 58.3 Å². The van der Waals surface area contributed by atoms with Crippen molar-refractivity contribution in [2.75, 3.05) is 39.3 Å². The molecule has 4 rings (SSSR count). The van der Waals surface area contributed by atoms with E-state index in [1.165, 1.54) is 63.8 Å². The van der Waals surface area contributed by atoms with E-state index in [4.69, 9.17) is 0 Å². The van der Waals surface area contributed by atoms with Gasteiger partial charge in [-0.1, -0.05) is 0 Å². The van der Waals surface area contributed by atoms with E-state index in [0.29, 0.717) is 0 Å². The third-order valence-electron chi connectivity index (χ3n) is 4.98. The number of aryl methyl sites for hydroxylation is 1. The third-order valence-corrected chi connectivity index (χ3v) is 4.98. The molecule has 3 aliphatic rings. The van der Waals surface area contributed by atoms with Crippen molar-refractivity contribution >= 4 is 0 Å². The first-order valence-corrected chi connectivity index (χ1v) is 7.98. The molecule has 1 aromatic heterocycles. The molecule has 6 nitrogen and oxygen atoms in total. The summed E-state index contributed by atoms with van der Waals surface area (Å²) < 4.78 is 2.35. The van der Waals surface area contributed by atoms with Crippen LogP contribution in [0.15, 0.2) is 0 Å². The molecule has 0 aliphatic carbocycles. The maximum absolute atomic E-state index is 4.42. The van der Waals surface area contributed by atoms with E-state index in [9.17, 15) is 0 Å². The Hall–Kier alpha value is -0.980. The van der Waals surface area contributed by atoms with E-state index in [0.717, 1.165) is 25.6 Å². The Bertz CT molecular complexity index is 458. The number of aromatic nitrogens is 3. The molecule has 6 heteroatoms. The number of hydrogen-bond acceptors (Lipinski definition) is 5. The Kier molecular flexibility index (Phi) is 3.45. The number of nitrogens with one attached hydrogen (secondary N) is 1. The van der Waals surface area contributed by atoms with Crippen LogP contribution in [0.25, 0.3) is 0 Å². The van der Waals surface area contributed by atoms with Gasteiger partial charge in [-0.25, -0.2) is 0 Å². The van der Waals surface area contributed by atoms with Gasteiger partial charge in [-0.2, -0.15) is 0 Å². The molecular weight excluding hydrogens is 252 g/mol. The molecule has 0 aromatic carbocycles. The van der Waals surface area contributed by atoms with Gasteiger partial charge in [0.2, 0.25) is 0 Å². The zero-order chi connectivity index (χ0) is 13.4. The molecule has 20 heavy (non-hydrogen) atoms. The minimum atomic E-state index is 0.790. The lowest BCUT2D eigenvalue weighted by molar-refractivity contribution is 0.0677. The van der Waals surface area contributed by atoms with Crippen LogP contribution >= 0.6 is 0 Å². The van der Waals surface area contributed by atoms with E-state index in [2.05, 4.69) is 29.9 Å². The average Bonchev–Trinajstić information content (AvgIpc) is 2.83. The fourth-order valence-electron chi connectivity index (χ4n) is 3.50. The molecule has 0 atom stereocenters. The smallest absolute Gasteiger partial charge is 0.147 e. The van der Waals surface area contributed by atoms with Crippen LogP contribution in [-0.2, 0) is 19.5 Å². The molecule has 110 valence electrons. The van der Waals surface area contributed by atoms with Crippen LogP contribution in [0.1, 0.15) is 24.5 Å². The minimum absolute atomic E-state index is 0.790. The van der Waals surface area contributed by atoms with Gasteiger partial charge in [0.1, 0.15) is 11.6 Å². The second kappa shape index (κ2) is 5.42. The molecule has 1 aromatic rings. The zero-order valence-corrected chi connectivity index (χ0v) is 12.1. The largest absolute Gasteiger partial charge is 0.314 e. The van der Waals surface area contributed by atoms with Gasteiger partial charge in [-0.3, -0.25) is 9.80 Å². The highest BCUT2D eigenvalue weighted by molar-refractivity contribution is 4.99. The molecule has 0 amide bonds. The van der Waals surface area contributed by atoms with Crippen LogP contribution in [-0.4, -0.2) is 69.9 Å². The summed E-state index contributed by atoms with van der Waals surface area (Å²) in [4.78, 5) is 5.17. The quantitative estimate of drug-likeness (QED) is 0.822. The summed E-state index contributed by atoms with van der Waals surface area (Å²) in [5.74, 6) is 2.38. The summed E-state index contributed by atoms with van der Waals surface area (Å²) in [6, 6.07) is 0.790. The number of piperazine rings is 1. The van der Waals surface area contributed by atoms with Gasteiger partial charge in [-0.05, 0) is 12.8 Å². The second-order valence-electron chi connectivity index (χ2n) is 6.27. The van der Waals surface area contributed by atoms with Gasteiger partial charge in [0.25, 0.3) is 0 Å². The van der Waals surface area contributed by atoms with Crippen LogP contribution < -0.4 is 5.32 Å². The zero-order valence-electron chi connectivity index (χ0n) is 12.1. The summed E-state index contributed by atoms with van der Waals surface area (Å²) in [6.07, 6.45) is 3.65. The third kappa shape index (κ3) is 2.36. The Morgan fingerprint density at radius 1 is 1.00 bits per heavy atom. The Morgan fingerprint density at radius 3 is 2.60 bits per heavy atom. The lowest BCUT2D eigenvalue weighted by Crippen LogP contribution is -2.61. The van der Waals surface area contributed by atoms with Crippen molar-refractivity contribution in [2.24, 2.45) is 0 Å². The SMILES string of the molecule is C1CCn2c(nnc2CN2CCN(C3CNC3)CC2)C1. The van der Waals surface area contributed by atoms with Crippen LogP contribution in [0, 0.1) is 0 Å². The van der Waals surface area contributed by atoms with Gasteiger partial charge >= 0.3 is 0 Å². The summed E-state index contributed by atoms with van der Waals surface area (Å²) in [7, 11) is 0. The van der Waals surface area contributed by atoms with E-state index in [1.807, 2.05) is 0 Å². The van der Waals surface area contributed by atoms with Crippen LogP contribution in [0.2, 0.25) is 0 Å². The first-order valence-electron chi connectivity index (χ1n) is 7.98. The van der Waals surface area contributed by atoms with Gasteiger partial charge in [-0.15, -0.1) is 10.2 Å². The fraction of sp³-hybridized carbons (Fsp3) is 0.857. The molecule has 0 radical (unpaired) electrons. The topological polar surface area (TPSA) is 49.2 Å². The van der Waals surface area contributed by atoms with Crippen LogP contribution in [0.4, 0.5) is 0 Å². The molecular formula is C14H24N6. The molecule has 4 heterocycles. The molecule has 0 spiro atoms. The highest BCUT2D eigenvalue weighted by Crippen LogP contribution is 2.17. The lowest BCUT2D eigenvalue weighted by Gasteiger charge is -2.43. The van der Waals surface area contributed by atoms with E-state index in [1.54, 1.807) is 0 Å². The molecule has 2 fully saturated rings. The first kappa shape index (κ1) is 12.7. The standard InChI is InChI=1S/C14H24N6/c1-2-4-20-13(3-1)16-17-14(20)11-18-5-7-19(8-6-18)12-9-15-10-12/h12,15H,1-11H2. The Balaban J connectivity index is 1.34. The monoisotopic (exact) mass is 276 g/mol. The number of hydrogen-bond donors (Lipinski definition) is 1. The first-order chi connectivity index (χ1) is 9.90. The second-order valence-corrected chi connectivity index (χ2v) is 6.27. The highest BCUT2D eigenvalue weighted by Gasteiger charge is 2.28. The van der Waals surface area contributed by atoms with Gasteiger partial charge in [0.15, 0.2) is 0 Å². The number of nitrogens with zero attached hydrogens (tertiary/aromatic N) is 5. The Labute approximate surface area is 120 Å². The lowest BCUT2D eigenvalue weighted by atomic mass is 10.1. The predicted molar refractivity (Wildman–Crippen MR) is 76.5 cm³/mol. The van der Waals surface area contributed by atoms with E-state index >= 15 is 0 Å². The molecule has 0 unspecified atom stereocenters. The van der Waals surface area contributed by atoms with Crippen LogP contribution in [0.3, 0.4) is 0 Å². The maximum atomic E-state index is 4.42. The number of rotatable bonds is 3. The number of fused-ring (bicyclic) bond motifs is 1. The minimum Gasteiger partial charge on any atom is -0.314 e. The molecule has 0 saturated carbocycles. The summed E-state index contributed by atoms with van der Waals surface area (Å²) in [6.45, 7) is 9.18. The molecule has 3 aliphatic heterocycles. The van der Waals surface area contributed by atoms with Crippen molar-refractivity contribution in [3.05, 3.63) is 11.6 Å². The predicted octanol–water partition coefficient (Wildman–Crippen LogP) is -0.296. The van der Waals surface area contributed by atoms with Gasteiger partial charge < -0.3 is 9.88 Å². The molecule has 2 saturated heterocycles. The van der Waals surface area contributed by atoms with E-state index < -0.39 is 0 Å². The van der Waals surface area contributed by atoms with Crippen molar-refractivity contribution in [3.8, 4) is 0 Å². The van der Waals surface area contributed by atoms with Crippen molar-refractivity contribution in [1.82, 2.24) is 29.9 Å². The van der Waals surface area contributed by atoms with Crippen molar-refractivity contribution in [2.45, 2.75) is 38.4 Å². The summed E-state index contributed by atoms with van der Waals surface area (Å²) in [5, 5.41) is 12.1. The summed E-state index contributed by atoms with van der Waals surface area (Å²) >= 11 is 0. The average molecular weight is 276 g/mol. The Morgan fingerprint density at radius 2 is 1.85 bits per heavy atom. The van der Waals surface area contributed by atoms with Gasteiger partial charge in [0.05, 0.1) is 6.54 Å². The van der Waals surface area contributed by atoms with Crippen molar-refractivity contribution in [1.29, 1.82) is 0 Å². The van der Waals surface area contributed by atoms with E-state index in [-0.39, 0.29) is 0 Å². The highest BCUT2D eigenvalue weighted by atomic mass is 15.3. The molecule has 0 bridgehead atoms. The van der Waals surface area contributed by atoms with Crippen molar-refractivity contribution < 1.29 is 0 Å². The summed E-state index contributed by atoms with van der Waals surface area (Å²) in [5.41, 5.74) is 0. The molecule has 1 N–H and O–H groups in total. The fourth-order valence-corrected chi connectivity index (χ4v) is 3.50. The van der Waals surface area contributed by atoms with Crippen molar-refractivity contribution in [3.63, 3.8) is 0 Å². The maximum Gasteiger partial charge on any atom is 0.147 e.